The lowest BCUT2D eigenvalue weighted by Crippen LogP contribution is -2.30. The maximum Gasteiger partial charge on any atom is 0.261 e. The molecular formula is C24H25N5O2S. The van der Waals surface area contributed by atoms with Crippen molar-refractivity contribution in [1.29, 1.82) is 0 Å². The molecule has 0 saturated heterocycles. The number of aromatic nitrogens is 3. The number of carbonyl (C=O) groups is 1. The summed E-state index contributed by atoms with van der Waals surface area (Å²) in [6.07, 6.45) is 3.27. The Morgan fingerprint density at radius 2 is 2.00 bits per heavy atom. The molecule has 3 N–H and O–H groups in total. The summed E-state index contributed by atoms with van der Waals surface area (Å²) in [4.78, 5) is 34.6. The third kappa shape index (κ3) is 4.40. The Labute approximate surface area is 190 Å². The van der Waals surface area contributed by atoms with Gasteiger partial charge in [0.2, 0.25) is 5.91 Å². The standard InChI is InChI=1S/C24H25N5O2S/c1-14-6-7-32-22(14)11-27-21-9-18(10-26-16(21)3)17-4-5-20-19(8-17)24(31)29(13-28-20)12-15(2)23(25)30/h4-10,13,15,27H,11-12H2,1-3H3,(H2,25,30). The SMILES string of the molecule is Cc1ccsc1CNc1cc(-c2ccc3ncn(CC(C)C(N)=O)c(=O)c3c2)cnc1C. The molecule has 8 heteroatoms. The molecule has 0 saturated carbocycles. The van der Waals surface area contributed by atoms with Gasteiger partial charge in [-0.15, -0.1) is 11.3 Å². The fourth-order valence-corrected chi connectivity index (χ4v) is 4.33. The summed E-state index contributed by atoms with van der Waals surface area (Å²) in [5.41, 5.74) is 10.7. The second-order valence-electron chi connectivity index (χ2n) is 7.97. The number of carbonyl (C=O) groups excluding carboxylic acids is 1. The van der Waals surface area contributed by atoms with Crippen molar-refractivity contribution in [2.45, 2.75) is 33.9 Å². The summed E-state index contributed by atoms with van der Waals surface area (Å²) in [6, 6.07) is 9.76. The molecule has 7 nitrogen and oxygen atoms in total. The molecule has 4 rings (SSSR count). The highest BCUT2D eigenvalue weighted by Crippen LogP contribution is 2.26. The number of hydrogen-bond donors (Lipinski definition) is 2. The van der Waals surface area contributed by atoms with E-state index in [0.717, 1.165) is 29.1 Å². The number of nitrogens with one attached hydrogen (secondary N) is 1. The number of nitrogens with zero attached hydrogens (tertiary/aromatic N) is 3. The third-order valence-electron chi connectivity index (χ3n) is 5.61. The minimum Gasteiger partial charge on any atom is -0.379 e. The molecule has 0 aliphatic carbocycles. The van der Waals surface area contributed by atoms with Crippen LogP contribution in [0.25, 0.3) is 22.0 Å². The number of thiophene rings is 1. The van der Waals surface area contributed by atoms with Gasteiger partial charge in [0.25, 0.3) is 5.56 Å². The Balaban J connectivity index is 1.67. The van der Waals surface area contributed by atoms with Gasteiger partial charge in [-0.05, 0) is 54.6 Å². The molecule has 1 amide bonds. The van der Waals surface area contributed by atoms with Gasteiger partial charge in [0.15, 0.2) is 0 Å². The highest BCUT2D eigenvalue weighted by molar-refractivity contribution is 7.10. The molecule has 0 aliphatic heterocycles. The van der Waals surface area contributed by atoms with Gasteiger partial charge in [-0.25, -0.2) is 4.98 Å². The predicted molar refractivity (Wildman–Crippen MR) is 129 cm³/mol. The fourth-order valence-electron chi connectivity index (χ4n) is 3.48. The highest BCUT2D eigenvalue weighted by Gasteiger charge is 2.13. The zero-order valence-electron chi connectivity index (χ0n) is 18.3. The number of hydrogen-bond acceptors (Lipinski definition) is 6. The number of primary amides is 1. The monoisotopic (exact) mass is 447 g/mol. The van der Waals surface area contributed by atoms with Gasteiger partial charge in [-0.1, -0.05) is 13.0 Å². The summed E-state index contributed by atoms with van der Waals surface area (Å²) in [5.74, 6) is -0.911. The van der Waals surface area contributed by atoms with Gasteiger partial charge < -0.3 is 11.1 Å². The summed E-state index contributed by atoms with van der Waals surface area (Å²) < 4.78 is 1.44. The predicted octanol–water partition coefficient (Wildman–Crippen LogP) is 3.87. The Hall–Kier alpha value is -3.52. The van der Waals surface area contributed by atoms with Gasteiger partial charge >= 0.3 is 0 Å². The lowest BCUT2D eigenvalue weighted by Gasteiger charge is -2.12. The van der Waals surface area contributed by atoms with E-state index in [1.54, 1.807) is 18.3 Å². The van der Waals surface area contributed by atoms with Crippen LogP contribution in [-0.4, -0.2) is 20.4 Å². The molecule has 0 radical (unpaired) electrons. The average molecular weight is 448 g/mol. The molecule has 0 fully saturated rings. The van der Waals surface area contributed by atoms with Crippen molar-refractivity contribution in [2.24, 2.45) is 11.7 Å². The zero-order chi connectivity index (χ0) is 22.8. The van der Waals surface area contributed by atoms with E-state index < -0.39 is 11.8 Å². The number of benzene rings is 1. The number of amides is 1. The van der Waals surface area contributed by atoms with Crippen molar-refractivity contribution in [3.63, 3.8) is 0 Å². The molecule has 32 heavy (non-hydrogen) atoms. The Bertz CT molecular complexity index is 1360. The van der Waals surface area contributed by atoms with Crippen LogP contribution in [0.1, 0.15) is 23.1 Å². The van der Waals surface area contributed by atoms with Crippen LogP contribution >= 0.6 is 11.3 Å². The maximum atomic E-state index is 13.0. The van der Waals surface area contributed by atoms with E-state index in [0.29, 0.717) is 10.9 Å². The van der Waals surface area contributed by atoms with Crippen LogP contribution in [0, 0.1) is 19.8 Å². The van der Waals surface area contributed by atoms with E-state index in [1.165, 1.54) is 21.3 Å². The molecule has 3 heterocycles. The van der Waals surface area contributed by atoms with E-state index in [4.69, 9.17) is 5.73 Å². The van der Waals surface area contributed by atoms with Crippen LogP contribution in [0.15, 0.2) is 53.0 Å². The molecule has 0 bridgehead atoms. The van der Waals surface area contributed by atoms with Crippen molar-refractivity contribution in [3.05, 3.63) is 74.7 Å². The second-order valence-corrected chi connectivity index (χ2v) is 8.98. The smallest absolute Gasteiger partial charge is 0.261 e. The molecule has 1 unspecified atom stereocenters. The van der Waals surface area contributed by atoms with E-state index >= 15 is 0 Å². The molecule has 3 aromatic heterocycles. The van der Waals surface area contributed by atoms with E-state index in [2.05, 4.69) is 39.7 Å². The number of aryl methyl sites for hydroxylation is 2. The first-order chi connectivity index (χ1) is 15.3. The fraction of sp³-hybridized carbons (Fsp3) is 0.250. The van der Waals surface area contributed by atoms with Crippen LogP contribution < -0.4 is 16.6 Å². The van der Waals surface area contributed by atoms with Crippen molar-refractivity contribution in [3.8, 4) is 11.1 Å². The molecule has 1 atom stereocenters. The van der Waals surface area contributed by atoms with Crippen molar-refractivity contribution < 1.29 is 4.79 Å². The summed E-state index contributed by atoms with van der Waals surface area (Å²) in [6.45, 7) is 6.70. The highest BCUT2D eigenvalue weighted by atomic mass is 32.1. The van der Waals surface area contributed by atoms with Crippen LogP contribution in [0.4, 0.5) is 5.69 Å². The molecule has 164 valence electrons. The Morgan fingerprint density at radius 3 is 2.72 bits per heavy atom. The Kier molecular flexibility index (Phi) is 6.05. The maximum absolute atomic E-state index is 13.0. The molecule has 0 aliphatic rings. The Morgan fingerprint density at radius 1 is 1.19 bits per heavy atom. The van der Waals surface area contributed by atoms with Crippen molar-refractivity contribution in [2.75, 3.05) is 5.32 Å². The van der Waals surface area contributed by atoms with Gasteiger partial charge in [-0.2, -0.15) is 0 Å². The minimum absolute atomic E-state index is 0.198. The lowest BCUT2D eigenvalue weighted by atomic mass is 10.0. The first-order valence-electron chi connectivity index (χ1n) is 10.4. The van der Waals surface area contributed by atoms with Crippen LogP contribution in [0.2, 0.25) is 0 Å². The van der Waals surface area contributed by atoms with E-state index in [-0.39, 0.29) is 12.1 Å². The molecular weight excluding hydrogens is 422 g/mol. The molecule has 1 aromatic carbocycles. The summed E-state index contributed by atoms with van der Waals surface area (Å²) >= 11 is 1.73. The van der Waals surface area contributed by atoms with Gasteiger partial charge in [0.05, 0.1) is 34.5 Å². The minimum atomic E-state index is -0.461. The van der Waals surface area contributed by atoms with E-state index in [1.807, 2.05) is 31.3 Å². The molecule has 0 spiro atoms. The van der Waals surface area contributed by atoms with Gasteiger partial charge in [0.1, 0.15) is 0 Å². The normalized spacial score (nSPS) is 12.1. The first kappa shape index (κ1) is 21.7. The number of nitrogens with two attached hydrogens (primary N) is 1. The van der Waals surface area contributed by atoms with Crippen LogP contribution in [0.3, 0.4) is 0 Å². The number of pyridine rings is 1. The summed E-state index contributed by atoms with van der Waals surface area (Å²) in [7, 11) is 0. The van der Waals surface area contributed by atoms with Crippen molar-refractivity contribution in [1.82, 2.24) is 14.5 Å². The number of rotatable bonds is 7. The first-order valence-corrected chi connectivity index (χ1v) is 11.2. The largest absolute Gasteiger partial charge is 0.379 e. The van der Waals surface area contributed by atoms with E-state index in [9.17, 15) is 9.59 Å². The van der Waals surface area contributed by atoms with Gasteiger partial charge in [-0.3, -0.25) is 19.1 Å². The third-order valence-corrected chi connectivity index (χ3v) is 6.63. The zero-order valence-corrected chi connectivity index (χ0v) is 19.1. The van der Waals surface area contributed by atoms with Gasteiger partial charge in [0, 0.05) is 29.7 Å². The lowest BCUT2D eigenvalue weighted by molar-refractivity contribution is -0.121. The second kappa shape index (κ2) is 8.92. The number of anilines is 1. The quantitative estimate of drug-likeness (QED) is 0.448. The van der Waals surface area contributed by atoms with Crippen LogP contribution in [-0.2, 0) is 17.9 Å². The average Bonchev–Trinajstić information content (AvgIpc) is 3.19. The van der Waals surface area contributed by atoms with Crippen molar-refractivity contribution >= 4 is 33.8 Å². The number of fused-ring (bicyclic) bond motifs is 1. The van der Waals surface area contributed by atoms with Crippen LogP contribution in [0.5, 0.6) is 0 Å². The molecule has 4 aromatic rings. The summed E-state index contributed by atoms with van der Waals surface area (Å²) in [5, 5.41) is 6.06. The topological polar surface area (TPSA) is 103 Å².